The van der Waals surface area contributed by atoms with Gasteiger partial charge in [-0.15, -0.1) is 0 Å². The van der Waals surface area contributed by atoms with Crippen molar-refractivity contribution in [3.05, 3.63) is 46.5 Å². The lowest BCUT2D eigenvalue weighted by molar-refractivity contribution is 0.146. The van der Waals surface area contributed by atoms with Crippen LogP contribution in [0.4, 0.5) is 0 Å². The van der Waals surface area contributed by atoms with Crippen molar-refractivity contribution in [3.8, 4) is 17.0 Å². The zero-order valence-electron chi connectivity index (χ0n) is 12.6. The third-order valence-electron chi connectivity index (χ3n) is 3.15. The van der Waals surface area contributed by atoms with Gasteiger partial charge in [-0.05, 0) is 18.1 Å². The lowest BCUT2D eigenvalue weighted by Gasteiger charge is -2.14. The molecule has 1 aromatic carbocycles. The van der Waals surface area contributed by atoms with E-state index < -0.39 is 0 Å². The van der Waals surface area contributed by atoms with Crippen LogP contribution in [0.1, 0.15) is 25.3 Å². The molecule has 112 valence electrons. The lowest BCUT2D eigenvalue weighted by atomic mass is 9.98. The van der Waals surface area contributed by atoms with Crippen LogP contribution >= 0.6 is 0 Å². The normalized spacial score (nSPS) is 10.9. The van der Waals surface area contributed by atoms with Crippen molar-refractivity contribution in [1.82, 2.24) is 9.97 Å². The van der Waals surface area contributed by atoms with Crippen LogP contribution in [-0.2, 0) is 4.74 Å². The van der Waals surface area contributed by atoms with Gasteiger partial charge in [0.05, 0.1) is 18.6 Å². The average molecular weight is 288 g/mol. The van der Waals surface area contributed by atoms with Crippen LogP contribution in [0.5, 0.6) is 5.75 Å². The SMILES string of the molecule is COCCOc1ccccc1-c1nc[nH]c(=O)c1C(C)C. The highest BCUT2D eigenvalue weighted by molar-refractivity contribution is 5.70. The molecule has 0 saturated carbocycles. The Hall–Kier alpha value is -2.14. The molecule has 5 heteroatoms. The Balaban J connectivity index is 2.47. The molecule has 0 aliphatic rings. The Morgan fingerprint density at radius 2 is 2.00 bits per heavy atom. The topological polar surface area (TPSA) is 64.2 Å². The molecule has 0 atom stereocenters. The van der Waals surface area contributed by atoms with Gasteiger partial charge in [-0.2, -0.15) is 0 Å². The summed E-state index contributed by atoms with van der Waals surface area (Å²) in [6.07, 6.45) is 1.43. The smallest absolute Gasteiger partial charge is 0.254 e. The second-order valence-corrected chi connectivity index (χ2v) is 4.99. The fraction of sp³-hybridized carbons (Fsp3) is 0.375. The molecule has 0 aliphatic carbocycles. The molecule has 0 amide bonds. The standard InChI is InChI=1S/C16H20N2O3/c1-11(2)14-15(17-10-18-16(14)19)12-6-4-5-7-13(12)21-9-8-20-3/h4-7,10-11H,8-9H2,1-3H3,(H,17,18,19). The number of benzene rings is 1. The van der Waals surface area contributed by atoms with E-state index >= 15 is 0 Å². The Labute approximate surface area is 124 Å². The summed E-state index contributed by atoms with van der Waals surface area (Å²) in [4.78, 5) is 19.1. The quantitative estimate of drug-likeness (QED) is 0.830. The summed E-state index contributed by atoms with van der Waals surface area (Å²) in [5.74, 6) is 0.777. The van der Waals surface area contributed by atoms with Crippen LogP contribution in [-0.4, -0.2) is 30.3 Å². The Morgan fingerprint density at radius 1 is 1.24 bits per heavy atom. The molecule has 0 unspecified atom stereocenters. The van der Waals surface area contributed by atoms with Crippen LogP contribution in [0.2, 0.25) is 0 Å². The Kier molecular flexibility index (Phi) is 5.11. The van der Waals surface area contributed by atoms with E-state index in [-0.39, 0.29) is 11.5 Å². The van der Waals surface area contributed by atoms with Gasteiger partial charge in [0.25, 0.3) is 5.56 Å². The fourth-order valence-corrected chi connectivity index (χ4v) is 2.18. The third-order valence-corrected chi connectivity index (χ3v) is 3.15. The molecule has 0 radical (unpaired) electrons. The zero-order chi connectivity index (χ0) is 15.2. The van der Waals surface area contributed by atoms with E-state index in [1.165, 1.54) is 6.33 Å². The van der Waals surface area contributed by atoms with E-state index in [0.717, 1.165) is 5.56 Å². The highest BCUT2D eigenvalue weighted by atomic mass is 16.5. The number of methoxy groups -OCH3 is 1. The summed E-state index contributed by atoms with van der Waals surface area (Å²) < 4.78 is 10.7. The minimum Gasteiger partial charge on any atom is -0.490 e. The van der Waals surface area contributed by atoms with Crippen molar-refractivity contribution in [2.75, 3.05) is 20.3 Å². The number of hydrogen-bond donors (Lipinski definition) is 1. The van der Waals surface area contributed by atoms with Crippen molar-refractivity contribution < 1.29 is 9.47 Å². The number of hydrogen-bond acceptors (Lipinski definition) is 4. The zero-order valence-corrected chi connectivity index (χ0v) is 12.6. The molecule has 0 spiro atoms. The maximum absolute atomic E-state index is 12.1. The van der Waals surface area contributed by atoms with E-state index in [1.807, 2.05) is 38.1 Å². The Bertz CT molecular complexity index is 650. The van der Waals surface area contributed by atoms with Gasteiger partial charge in [0.1, 0.15) is 12.4 Å². The van der Waals surface area contributed by atoms with Gasteiger partial charge in [0.2, 0.25) is 0 Å². The molecule has 0 bridgehead atoms. The lowest BCUT2D eigenvalue weighted by Crippen LogP contribution is -2.16. The first kappa shape index (κ1) is 15.3. The summed E-state index contributed by atoms with van der Waals surface area (Å²) in [5.41, 5.74) is 2.05. The number of aromatic nitrogens is 2. The van der Waals surface area contributed by atoms with Crippen molar-refractivity contribution in [2.45, 2.75) is 19.8 Å². The van der Waals surface area contributed by atoms with Gasteiger partial charge in [-0.25, -0.2) is 4.98 Å². The Morgan fingerprint density at radius 3 is 2.71 bits per heavy atom. The molecule has 2 rings (SSSR count). The third kappa shape index (κ3) is 3.49. The van der Waals surface area contributed by atoms with Gasteiger partial charge < -0.3 is 14.5 Å². The van der Waals surface area contributed by atoms with Gasteiger partial charge in [0.15, 0.2) is 0 Å². The number of aromatic amines is 1. The maximum atomic E-state index is 12.1. The van der Waals surface area contributed by atoms with Crippen molar-refractivity contribution >= 4 is 0 Å². The van der Waals surface area contributed by atoms with E-state index in [0.29, 0.717) is 30.2 Å². The molecular weight excluding hydrogens is 268 g/mol. The van der Waals surface area contributed by atoms with Gasteiger partial charge in [-0.1, -0.05) is 26.0 Å². The summed E-state index contributed by atoms with van der Waals surface area (Å²) in [6, 6.07) is 7.59. The van der Waals surface area contributed by atoms with Crippen LogP contribution < -0.4 is 10.3 Å². The van der Waals surface area contributed by atoms with E-state index in [9.17, 15) is 4.79 Å². The number of nitrogens with one attached hydrogen (secondary N) is 1. The number of ether oxygens (including phenoxy) is 2. The van der Waals surface area contributed by atoms with Gasteiger partial charge in [0, 0.05) is 18.2 Å². The molecule has 0 saturated heterocycles. The molecule has 1 heterocycles. The first-order valence-electron chi connectivity index (χ1n) is 6.94. The fourth-order valence-electron chi connectivity index (χ4n) is 2.18. The van der Waals surface area contributed by atoms with Crippen LogP contribution in [0.15, 0.2) is 35.4 Å². The maximum Gasteiger partial charge on any atom is 0.254 e. The number of rotatable bonds is 6. The summed E-state index contributed by atoms with van der Waals surface area (Å²) in [5, 5.41) is 0. The minimum atomic E-state index is -0.110. The van der Waals surface area contributed by atoms with E-state index in [1.54, 1.807) is 7.11 Å². The van der Waals surface area contributed by atoms with Gasteiger partial charge >= 0.3 is 0 Å². The predicted octanol–water partition coefficient (Wildman–Crippen LogP) is 2.59. The van der Waals surface area contributed by atoms with E-state index in [2.05, 4.69) is 9.97 Å². The summed E-state index contributed by atoms with van der Waals surface area (Å²) in [6.45, 7) is 4.91. The minimum absolute atomic E-state index is 0.0736. The van der Waals surface area contributed by atoms with Crippen molar-refractivity contribution in [2.24, 2.45) is 0 Å². The molecule has 0 aliphatic heterocycles. The van der Waals surface area contributed by atoms with Crippen molar-refractivity contribution in [3.63, 3.8) is 0 Å². The van der Waals surface area contributed by atoms with E-state index in [4.69, 9.17) is 9.47 Å². The van der Waals surface area contributed by atoms with Crippen LogP contribution in [0, 0.1) is 0 Å². The molecule has 1 aromatic heterocycles. The second-order valence-electron chi connectivity index (χ2n) is 4.99. The predicted molar refractivity (Wildman–Crippen MR) is 81.8 cm³/mol. The summed E-state index contributed by atoms with van der Waals surface area (Å²) >= 11 is 0. The molecular formula is C16H20N2O3. The molecule has 0 fully saturated rings. The molecule has 2 aromatic rings. The molecule has 5 nitrogen and oxygen atoms in total. The second kappa shape index (κ2) is 7.04. The first-order chi connectivity index (χ1) is 10.1. The summed E-state index contributed by atoms with van der Waals surface area (Å²) in [7, 11) is 1.63. The van der Waals surface area contributed by atoms with Crippen molar-refractivity contribution in [1.29, 1.82) is 0 Å². The average Bonchev–Trinajstić information content (AvgIpc) is 2.47. The van der Waals surface area contributed by atoms with Crippen LogP contribution in [0.25, 0.3) is 11.3 Å². The number of nitrogens with zero attached hydrogens (tertiary/aromatic N) is 1. The largest absolute Gasteiger partial charge is 0.490 e. The highest BCUT2D eigenvalue weighted by Gasteiger charge is 2.17. The molecule has 1 N–H and O–H groups in total. The number of para-hydroxylation sites is 1. The first-order valence-corrected chi connectivity index (χ1v) is 6.94. The van der Waals surface area contributed by atoms with Gasteiger partial charge in [-0.3, -0.25) is 4.79 Å². The number of H-pyrrole nitrogens is 1. The molecule has 21 heavy (non-hydrogen) atoms. The van der Waals surface area contributed by atoms with Crippen LogP contribution in [0.3, 0.4) is 0 Å². The highest BCUT2D eigenvalue weighted by Crippen LogP contribution is 2.31. The monoisotopic (exact) mass is 288 g/mol.